The number of hydrogen-bond donors (Lipinski definition) is 2. The Morgan fingerprint density at radius 2 is 1.66 bits per heavy atom. The lowest BCUT2D eigenvalue weighted by atomic mass is 10.1. The highest BCUT2D eigenvalue weighted by Gasteiger charge is 2.22. The number of carboxylic acids is 1. The van der Waals surface area contributed by atoms with E-state index in [1.807, 2.05) is 37.3 Å². The number of methoxy groups -OCH3 is 2. The summed E-state index contributed by atoms with van der Waals surface area (Å²) in [5, 5.41) is 12.0. The minimum Gasteiger partial charge on any atom is -0.496 e. The minimum atomic E-state index is -1.04. The number of hydrogen-bond acceptors (Lipinski definition) is 4. The van der Waals surface area contributed by atoms with Crippen LogP contribution in [0.15, 0.2) is 42.5 Å². The van der Waals surface area contributed by atoms with Gasteiger partial charge in [0.05, 0.1) is 14.2 Å². The molecule has 1 unspecified atom stereocenters. The second-order valence-corrected chi connectivity index (χ2v) is 7.74. The second kappa shape index (κ2) is 12.6. The first kappa shape index (κ1) is 25.0. The van der Waals surface area contributed by atoms with E-state index in [0.29, 0.717) is 31.0 Å². The first-order valence-electron chi connectivity index (χ1n) is 10.9. The maximum absolute atomic E-state index is 13.0. The Kier molecular flexibility index (Phi) is 9.85. The molecule has 0 saturated heterocycles. The van der Waals surface area contributed by atoms with Crippen molar-refractivity contribution in [3.63, 3.8) is 0 Å². The van der Waals surface area contributed by atoms with Gasteiger partial charge in [0.25, 0.3) is 0 Å². The van der Waals surface area contributed by atoms with Crippen LogP contribution in [0.3, 0.4) is 0 Å². The number of ether oxygens (including phenoxy) is 2. The molecule has 7 nitrogen and oxygen atoms in total. The van der Waals surface area contributed by atoms with Gasteiger partial charge < -0.3 is 24.8 Å². The van der Waals surface area contributed by atoms with Crippen molar-refractivity contribution in [2.75, 3.05) is 20.8 Å². The normalized spacial score (nSPS) is 11.5. The van der Waals surface area contributed by atoms with E-state index in [4.69, 9.17) is 9.47 Å². The van der Waals surface area contributed by atoms with Gasteiger partial charge in [-0.2, -0.15) is 0 Å². The fourth-order valence-electron chi connectivity index (χ4n) is 3.56. The average molecular weight is 443 g/mol. The molecule has 2 N–H and O–H groups in total. The number of nitrogens with zero attached hydrogens (tertiary/aromatic N) is 1. The topological polar surface area (TPSA) is 88.1 Å². The molecule has 32 heavy (non-hydrogen) atoms. The van der Waals surface area contributed by atoms with Crippen molar-refractivity contribution in [2.24, 2.45) is 0 Å². The summed E-state index contributed by atoms with van der Waals surface area (Å²) in [7, 11) is 3.19. The van der Waals surface area contributed by atoms with Crippen LogP contribution in [0.2, 0.25) is 0 Å². The molecule has 7 heteroatoms. The molecule has 0 aliphatic heterocycles. The molecule has 2 rings (SSSR count). The first-order chi connectivity index (χ1) is 15.4. The molecule has 0 aliphatic carbocycles. The maximum Gasteiger partial charge on any atom is 0.326 e. The first-order valence-corrected chi connectivity index (χ1v) is 10.9. The molecule has 174 valence electrons. The third kappa shape index (κ3) is 7.18. The summed E-state index contributed by atoms with van der Waals surface area (Å²) >= 11 is 0. The largest absolute Gasteiger partial charge is 0.496 e. The monoisotopic (exact) mass is 442 g/mol. The van der Waals surface area contributed by atoms with Crippen molar-refractivity contribution in [3.05, 3.63) is 59.2 Å². The van der Waals surface area contributed by atoms with E-state index < -0.39 is 18.0 Å². The summed E-state index contributed by atoms with van der Waals surface area (Å²) in [6, 6.07) is 12.7. The van der Waals surface area contributed by atoms with Crippen molar-refractivity contribution in [1.29, 1.82) is 0 Å². The Hall–Kier alpha value is -3.22. The number of nitrogens with one attached hydrogen (secondary N) is 1. The highest BCUT2D eigenvalue weighted by molar-refractivity contribution is 5.82. The molecule has 0 fully saturated rings. The van der Waals surface area contributed by atoms with Gasteiger partial charge in [0.1, 0.15) is 17.5 Å². The molecule has 0 spiro atoms. The van der Waals surface area contributed by atoms with Gasteiger partial charge in [-0.3, -0.25) is 0 Å². The molecular weight excluding hydrogens is 408 g/mol. The van der Waals surface area contributed by atoms with Crippen LogP contribution in [0, 0.1) is 6.92 Å². The zero-order valence-corrected chi connectivity index (χ0v) is 19.4. The van der Waals surface area contributed by atoms with Gasteiger partial charge in [-0.25, -0.2) is 9.59 Å². The SMILES string of the molecule is CCC(NC(=O)N(CCCCc1ccccc1)Cc1cc(OC)c(C)c(OC)c1)C(=O)O. The number of aryl methyl sites for hydroxylation is 1. The summed E-state index contributed by atoms with van der Waals surface area (Å²) < 4.78 is 10.9. The summed E-state index contributed by atoms with van der Waals surface area (Å²) in [6.07, 6.45) is 2.96. The maximum atomic E-state index is 13.0. The van der Waals surface area contributed by atoms with Crippen LogP contribution in [-0.4, -0.2) is 48.8 Å². The molecule has 0 aromatic heterocycles. The van der Waals surface area contributed by atoms with E-state index in [0.717, 1.165) is 30.4 Å². The Bertz CT molecular complexity index is 860. The molecular formula is C25H34N2O5. The molecule has 2 aromatic rings. The van der Waals surface area contributed by atoms with Gasteiger partial charge in [0.15, 0.2) is 0 Å². The molecule has 0 saturated carbocycles. The molecule has 2 aromatic carbocycles. The lowest BCUT2D eigenvalue weighted by molar-refractivity contribution is -0.139. The average Bonchev–Trinajstić information content (AvgIpc) is 2.80. The van der Waals surface area contributed by atoms with Crippen molar-refractivity contribution >= 4 is 12.0 Å². The standard InChI is InChI=1S/C25H34N2O5/c1-5-21(24(28)29)26-25(30)27(14-10-9-13-19-11-7-6-8-12-19)17-20-15-22(31-3)18(2)23(16-20)32-4/h6-8,11-12,15-16,21H,5,9-10,13-14,17H2,1-4H3,(H,26,30)(H,28,29). The summed E-state index contributed by atoms with van der Waals surface area (Å²) in [6.45, 7) is 4.47. The van der Waals surface area contributed by atoms with E-state index in [2.05, 4.69) is 17.4 Å². The van der Waals surface area contributed by atoms with Gasteiger partial charge in [-0.1, -0.05) is 37.3 Å². The summed E-state index contributed by atoms with van der Waals surface area (Å²) in [4.78, 5) is 26.0. The zero-order valence-electron chi connectivity index (χ0n) is 19.4. The van der Waals surface area contributed by atoms with Crippen molar-refractivity contribution in [3.8, 4) is 11.5 Å². The number of amides is 2. The smallest absolute Gasteiger partial charge is 0.326 e. The van der Waals surface area contributed by atoms with E-state index in [9.17, 15) is 14.7 Å². The molecule has 0 heterocycles. The number of benzene rings is 2. The minimum absolute atomic E-state index is 0.315. The van der Waals surface area contributed by atoms with Crippen LogP contribution in [0.1, 0.15) is 42.9 Å². The Labute approximate surface area is 190 Å². The molecule has 0 aliphatic rings. The number of rotatable bonds is 12. The third-order valence-electron chi connectivity index (χ3n) is 5.46. The van der Waals surface area contributed by atoms with Crippen LogP contribution in [-0.2, 0) is 17.8 Å². The van der Waals surface area contributed by atoms with Gasteiger partial charge in [0.2, 0.25) is 0 Å². The summed E-state index contributed by atoms with van der Waals surface area (Å²) in [5.41, 5.74) is 2.99. The number of urea groups is 1. The molecule has 0 radical (unpaired) electrons. The van der Waals surface area contributed by atoms with Crippen LogP contribution in [0.4, 0.5) is 4.79 Å². The quantitative estimate of drug-likeness (QED) is 0.476. The highest BCUT2D eigenvalue weighted by Crippen LogP contribution is 2.30. The van der Waals surface area contributed by atoms with E-state index in [-0.39, 0.29) is 0 Å². The van der Waals surface area contributed by atoms with Crippen molar-refractivity contribution in [2.45, 2.75) is 52.1 Å². The second-order valence-electron chi connectivity index (χ2n) is 7.74. The Morgan fingerprint density at radius 3 is 2.19 bits per heavy atom. The van der Waals surface area contributed by atoms with E-state index in [1.54, 1.807) is 26.0 Å². The lowest BCUT2D eigenvalue weighted by Gasteiger charge is -2.26. The lowest BCUT2D eigenvalue weighted by Crippen LogP contribution is -2.47. The van der Waals surface area contributed by atoms with Crippen molar-refractivity contribution in [1.82, 2.24) is 10.2 Å². The van der Waals surface area contributed by atoms with Gasteiger partial charge in [-0.05, 0) is 55.9 Å². The number of aliphatic carboxylic acids is 1. The third-order valence-corrected chi connectivity index (χ3v) is 5.46. The van der Waals surface area contributed by atoms with E-state index >= 15 is 0 Å². The Morgan fingerprint density at radius 1 is 1.03 bits per heavy atom. The molecule has 2 amide bonds. The predicted octanol–water partition coefficient (Wildman–Crippen LogP) is 4.41. The molecule has 1 atom stereocenters. The van der Waals surface area contributed by atoms with Crippen LogP contribution >= 0.6 is 0 Å². The van der Waals surface area contributed by atoms with Crippen molar-refractivity contribution < 1.29 is 24.2 Å². The van der Waals surface area contributed by atoms with Crippen LogP contribution in [0.5, 0.6) is 11.5 Å². The van der Waals surface area contributed by atoms with E-state index in [1.165, 1.54) is 5.56 Å². The fraction of sp³-hybridized carbons (Fsp3) is 0.440. The highest BCUT2D eigenvalue weighted by atomic mass is 16.5. The van der Waals surface area contributed by atoms with Crippen LogP contribution < -0.4 is 14.8 Å². The summed E-state index contributed by atoms with van der Waals surface area (Å²) in [5.74, 6) is 0.324. The predicted molar refractivity (Wildman–Crippen MR) is 124 cm³/mol. The van der Waals surface area contributed by atoms with Gasteiger partial charge >= 0.3 is 12.0 Å². The number of carboxylic acid groups (broad SMARTS) is 1. The van der Waals surface area contributed by atoms with Crippen LogP contribution in [0.25, 0.3) is 0 Å². The number of carbonyl (C=O) groups is 2. The number of unbranched alkanes of at least 4 members (excludes halogenated alkanes) is 1. The molecule has 0 bridgehead atoms. The fourth-order valence-corrected chi connectivity index (χ4v) is 3.56. The van der Waals surface area contributed by atoms with Gasteiger partial charge in [-0.15, -0.1) is 0 Å². The number of carbonyl (C=O) groups excluding carboxylic acids is 1. The Balaban J connectivity index is 2.13. The zero-order chi connectivity index (χ0) is 23.5. The van der Waals surface area contributed by atoms with Gasteiger partial charge in [0, 0.05) is 18.7 Å².